The molecule has 2 aromatic carbocycles. The molecule has 20 heavy (non-hydrogen) atoms. The second-order valence-corrected chi connectivity index (χ2v) is 5.16. The number of hydrogen-bond acceptors (Lipinski definition) is 2. The van der Waals surface area contributed by atoms with E-state index in [9.17, 15) is 9.18 Å². The molecular weight excluding hydrogens is 327 g/mol. The molecule has 3 nitrogen and oxygen atoms in total. The summed E-state index contributed by atoms with van der Waals surface area (Å²) in [5, 5.41) is 9.02. The summed E-state index contributed by atoms with van der Waals surface area (Å²) in [6.45, 7) is 2.05. The number of benzene rings is 2. The Morgan fingerprint density at radius 1 is 1.30 bits per heavy atom. The lowest BCUT2D eigenvalue weighted by molar-refractivity contribution is 0.0695. The molecule has 0 aliphatic rings. The quantitative estimate of drug-likeness (QED) is 0.909. The van der Waals surface area contributed by atoms with E-state index in [1.165, 1.54) is 18.2 Å². The van der Waals surface area contributed by atoms with Crippen molar-refractivity contribution < 1.29 is 19.0 Å². The number of aromatic carboxylic acids is 1. The van der Waals surface area contributed by atoms with E-state index in [0.717, 1.165) is 11.1 Å². The first-order valence-electron chi connectivity index (χ1n) is 5.88. The zero-order valence-corrected chi connectivity index (χ0v) is 12.3. The predicted octanol–water partition coefficient (Wildman–Crippen LogP) is 4.17. The molecule has 104 valence electrons. The van der Waals surface area contributed by atoms with Crippen LogP contribution in [0.1, 0.15) is 21.5 Å². The summed E-state index contributed by atoms with van der Waals surface area (Å²) in [6, 6.07) is 9.21. The van der Waals surface area contributed by atoms with Crippen LogP contribution in [0.5, 0.6) is 5.75 Å². The number of rotatable bonds is 4. The Labute approximate surface area is 124 Å². The van der Waals surface area contributed by atoms with Gasteiger partial charge in [-0.1, -0.05) is 6.07 Å². The van der Waals surface area contributed by atoms with Crippen LogP contribution < -0.4 is 4.74 Å². The Hall–Kier alpha value is -1.88. The number of halogens is 2. The van der Waals surface area contributed by atoms with E-state index >= 15 is 0 Å². The van der Waals surface area contributed by atoms with E-state index in [1.54, 1.807) is 25.1 Å². The third kappa shape index (κ3) is 3.36. The fourth-order valence-electron chi connectivity index (χ4n) is 1.74. The van der Waals surface area contributed by atoms with Gasteiger partial charge in [-0.3, -0.25) is 0 Å². The van der Waals surface area contributed by atoms with Crippen LogP contribution in [0.3, 0.4) is 0 Å². The van der Waals surface area contributed by atoms with Crippen LogP contribution in [-0.4, -0.2) is 11.1 Å². The van der Waals surface area contributed by atoms with Gasteiger partial charge in [-0.05, 0) is 64.3 Å². The maximum Gasteiger partial charge on any atom is 0.336 e. The molecule has 5 heteroatoms. The molecule has 0 saturated heterocycles. The van der Waals surface area contributed by atoms with E-state index in [4.69, 9.17) is 9.84 Å². The summed E-state index contributed by atoms with van der Waals surface area (Å²) in [5.74, 6) is -0.863. The molecule has 0 heterocycles. The highest BCUT2D eigenvalue weighted by Gasteiger charge is 2.10. The molecule has 0 atom stereocenters. The molecule has 0 aromatic heterocycles. The summed E-state index contributed by atoms with van der Waals surface area (Å²) in [4.78, 5) is 11.0. The zero-order valence-electron chi connectivity index (χ0n) is 10.7. The van der Waals surface area contributed by atoms with Crippen molar-refractivity contribution >= 4 is 21.9 Å². The first kappa shape index (κ1) is 14.5. The van der Waals surface area contributed by atoms with Gasteiger partial charge in [-0.15, -0.1) is 0 Å². The molecule has 0 spiro atoms. The van der Waals surface area contributed by atoms with Crippen molar-refractivity contribution in [3.8, 4) is 5.75 Å². The van der Waals surface area contributed by atoms with E-state index in [-0.39, 0.29) is 18.0 Å². The Kier molecular flexibility index (Phi) is 4.39. The van der Waals surface area contributed by atoms with Gasteiger partial charge in [0.15, 0.2) is 0 Å². The number of carboxylic acid groups (broad SMARTS) is 1. The summed E-state index contributed by atoms with van der Waals surface area (Å²) < 4.78 is 19.0. The van der Waals surface area contributed by atoms with Crippen LogP contribution in [0.25, 0.3) is 0 Å². The number of ether oxygens (including phenoxy) is 1. The van der Waals surface area contributed by atoms with Crippen molar-refractivity contribution in [2.24, 2.45) is 0 Å². The molecule has 0 fully saturated rings. The van der Waals surface area contributed by atoms with Gasteiger partial charge in [0.25, 0.3) is 0 Å². The molecule has 0 bridgehead atoms. The van der Waals surface area contributed by atoms with Crippen LogP contribution in [0, 0.1) is 12.7 Å². The highest BCUT2D eigenvalue weighted by Crippen LogP contribution is 2.23. The van der Waals surface area contributed by atoms with Crippen molar-refractivity contribution in [3.05, 3.63) is 63.4 Å². The Morgan fingerprint density at radius 3 is 2.70 bits per heavy atom. The highest BCUT2D eigenvalue weighted by molar-refractivity contribution is 9.10. The topological polar surface area (TPSA) is 46.5 Å². The third-order valence-corrected chi connectivity index (χ3v) is 3.56. The van der Waals surface area contributed by atoms with Crippen molar-refractivity contribution in [2.45, 2.75) is 13.5 Å². The minimum atomic E-state index is -1.03. The summed E-state index contributed by atoms with van der Waals surface area (Å²) in [5.41, 5.74) is 1.78. The maximum absolute atomic E-state index is 13.0. The van der Waals surface area contributed by atoms with Crippen LogP contribution >= 0.6 is 15.9 Å². The third-order valence-electron chi connectivity index (χ3n) is 2.87. The SMILES string of the molecule is Cc1cc(F)ccc1COc1ccc(Br)c(C(=O)O)c1. The maximum atomic E-state index is 13.0. The second-order valence-electron chi connectivity index (χ2n) is 4.31. The minimum Gasteiger partial charge on any atom is -0.489 e. The van der Waals surface area contributed by atoms with E-state index in [0.29, 0.717) is 10.2 Å². The number of carbonyl (C=O) groups is 1. The van der Waals surface area contributed by atoms with Crippen LogP contribution in [0.2, 0.25) is 0 Å². The number of hydrogen-bond donors (Lipinski definition) is 1. The largest absolute Gasteiger partial charge is 0.489 e. The highest BCUT2D eigenvalue weighted by atomic mass is 79.9. The summed E-state index contributed by atoms with van der Waals surface area (Å²) in [7, 11) is 0. The van der Waals surface area contributed by atoms with Gasteiger partial charge in [-0.25, -0.2) is 9.18 Å². The summed E-state index contributed by atoms with van der Waals surface area (Å²) >= 11 is 3.17. The van der Waals surface area contributed by atoms with E-state index < -0.39 is 5.97 Å². The number of aryl methyl sites for hydroxylation is 1. The molecule has 2 rings (SSSR count). The predicted molar refractivity (Wildman–Crippen MR) is 76.6 cm³/mol. The lowest BCUT2D eigenvalue weighted by Crippen LogP contribution is -2.01. The van der Waals surface area contributed by atoms with Gasteiger partial charge in [0.1, 0.15) is 18.2 Å². The molecular formula is C15H12BrFO3. The number of carboxylic acids is 1. The smallest absolute Gasteiger partial charge is 0.336 e. The molecule has 0 amide bonds. The van der Waals surface area contributed by atoms with Crippen molar-refractivity contribution in [1.29, 1.82) is 0 Å². The summed E-state index contributed by atoms with van der Waals surface area (Å²) in [6.07, 6.45) is 0. The van der Waals surface area contributed by atoms with Crippen molar-refractivity contribution in [1.82, 2.24) is 0 Å². The first-order valence-corrected chi connectivity index (χ1v) is 6.67. The molecule has 0 aliphatic carbocycles. The molecule has 0 aliphatic heterocycles. The van der Waals surface area contributed by atoms with Gasteiger partial charge >= 0.3 is 5.97 Å². The normalized spacial score (nSPS) is 10.3. The van der Waals surface area contributed by atoms with Gasteiger partial charge in [0, 0.05) is 4.47 Å². The standard InChI is InChI=1S/C15H12BrFO3/c1-9-6-11(17)3-2-10(9)8-20-12-4-5-14(16)13(7-12)15(18)19/h2-7H,8H2,1H3,(H,18,19). The Morgan fingerprint density at radius 2 is 2.05 bits per heavy atom. The molecule has 2 aromatic rings. The van der Waals surface area contributed by atoms with Gasteiger partial charge < -0.3 is 9.84 Å². The van der Waals surface area contributed by atoms with Crippen molar-refractivity contribution in [3.63, 3.8) is 0 Å². The lowest BCUT2D eigenvalue weighted by Gasteiger charge is -2.10. The Balaban J connectivity index is 2.15. The molecule has 0 unspecified atom stereocenters. The first-order chi connectivity index (χ1) is 9.47. The monoisotopic (exact) mass is 338 g/mol. The van der Waals surface area contributed by atoms with E-state index in [1.807, 2.05) is 0 Å². The van der Waals surface area contributed by atoms with Crippen LogP contribution in [0.4, 0.5) is 4.39 Å². The second kappa shape index (κ2) is 6.05. The minimum absolute atomic E-state index is 0.137. The van der Waals surface area contributed by atoms with Crippen LogP contribution in [0.15, 0.2) is 40.9 Å². The van der Waals surface area contributed by atoms with E-state index in [2.05, 4.69) is 15.9 Å². The zero-order chi connectivity index (χ0) is 14.7. The van der Waals surface area contributed by atoms with Crippen molar-refractivity contribution in [2.75, 3.05) is 0 Å². The van der Waals surface area contributed by atoms with Crippen LogP contribution in [-0.2, 0) is 6.61 Å². The Bertz CT molecular complexity index is 656. The van der Waals surface area contributed by atoms with Gasteiger partial charge in [-0.2, -0.15) is 0 Å². The average molecular weight is 339 g/mol. The fourth-order valence-corrected chi connectivity index (χ4v) is 2.16. The molecule has 1 N–H and O–H groups in total. The molecule has 0 radical (unpaired) electrons. The molecule has 0 saturated carbocycles. The lowest BCUT2D eigenvalue weighted by atomic mass is 10.1. The fraction of sp³-hybridized carbons (Fsp3) is 0.133. The van der Waals surface area contributed by atoms with Gasteiger partial charge in [0.05, 0.1) is 5.56 Å². The van der Waals surface area contributed by atoms with Gasteiger partial charge in [0.2, 0.25) is 0 Å². The average Bonchev–Trinajstić information content (AvgIpc) is 2.39.